The standard InChI is InChI=1S/C44H51N3O5Si/c1-30-40(24-16-31-14-17-35(18-15-31)47-42(49)25-23-39(45-47)32-10-6-5-7-11-32)52-41(44(30)53(3,4)38-21-19-37(51-2)20-22-38)27-43(50)46-28-34-13-9-8-12-33(34)26-36(46)29-48/h5-15,17-22,30,36,40-41,44,48H,16,23-29H2,1-4H3/t30-,36-,40+,41-,44+/m0/s1. The van der Waals surface area contributed by atoms with E-state index in [9.17, 15) is 14.7 Å². The predicted molar refractivity (Wildman–Crippen MR) is 212 cm³/mol. The van der Waals surface area contributed by atoms with Crippen molar-refractivity contribution in [1.82, 2.24) is 4.90 Å². The zero-order valence-electron chi connectivity index (χ0n) is 31.3. The lowest BCUT2D eigenvalue weighted by molar-refractivity contribution is -0.138. The highest BCUT2D eigenvalue weighted by molar-refractivity contribution is 6.91. The molecule has 0 spiro atoms. The van der Waals surface area contributed by atoms with Gasteiger partial charge in [0.25, 0.3) is 0 Å². The van der Waals surface area contributed by atoms with Gasteiger partial charge in [-0.3, -0.25) is 9.59 Å². The van der Waals surface area contributed by atoms with Crippen molar-refractivity contribution in [3.8, 4) is 5.75 Å². The topological polar surface area (TPSA) is 91.7 Å². The monoisotopic (exact) mass is 729 g/mol. The molecule has 276 valence electrons. The third-order valence-electron chi connectivity index (χ3n) is 11.9. The van der Waals surface area contributed by atoms with Crippen LogP contribution in [0.25, 0.3) is 0 Å². The van der Waals surface area contributed by atoms with Gasteiger partial charge in [0.15, 0.2) is 0 Å². The largest absolute Gasteiger partial charge is 0.497 e. The van der Waals surface area contributed by atoms with Crippen molar-refractivity contribution in [2.75, 3.05) is 18.7 Å². The highest BCUT2D eigenvalue weighted by Crippen LogP contribution is 2.47. The molecule has 1 saturated heterocycles. The summed E-state index contributed by atoms with van der Waals surface area (Å²) in [4.78, 5) is 29.0. The summed E-state index contributed by atoms with van der Waals surface area (Å²) in [6, 6.07) is 34.6. The van der Waals surface area contributed by atoms with Gasteiger partial charge in [-0.2, -0.15) is 5.10 Å². The molecule has 0 saturated carbocycles. The van der Waals surface area contributed by atoms with Crippen molar-refractivity contribution in [3.63, 3.8) is 0 Å². The summed E-state index contributed by atoms with van der Waals surface area (Å²) >= 11 is 0. The molecular weight excluding hydrogens is 679 g/mol. The van der Waals surface area contributed by atoms with Crippen molar-refractivity contribution in [2.24, 2.45) is 11.0 Å². The molecule has 3 heterocycles. The highest BCUT2D eigenvalue weighted by atomic mass is 28.3. The Kier molecular flexibility index (Phi) is 11.0. The summed E-state index contributed by atoms with van der Waals surface area (Å²) in [7, 11) is -0.485. The molecule has 1 fully saturated rings. The van der Waals surface area contributed by atoms with Gasteiger partial charge in [-0.25, -0.2) is 5.01 Å². The molecule has 3 aliphatic heterocycles. The number of aliphatic hydroxyl groups excluding tert-OH is 1. The van der Waals surface area contributed by atoms with Crippen molar-refractivity contribution >= 4 is 36.5 Å². The van der Waals surface area contributed by atoms with E-state index < -0.39 is 8.07 Å². The maximum Gasteiger partial charge on any atom is 0.247 e. The van der Waals surface area contributed by atoms with Crippen LogP contribution in [-0.2, 0) is 33.7 Å². The molecule has 0 aliphatic carbocycles. The minimum atomic E-state index is -2.17. The van der Waals surface area contributed by atoms with E-state index in [1.807, 2.05) is 71.6 Å². The second-order valence-electron chi connectivity index (χ2n) is 15.4. The van der Waals surface area contributed by atoms with E-state index in [-0.39, 0.29) is 48.1 Å². The fourth-order valence-corrected chi connectivity index (χ4v) is 12.9. The number of aliphatic hydroxyl groups is 1. The molecule has 5 atom stereocenters. The van der Waals surface area contributed by atoms with Crippen molar-refractivity contribution in [2.45, 2.75) is 88.9 Å². The van der Waals surface area contributed by atoms with E-state index >= 15 is 0 Å². The molecule has 2 amide bonds. The van der Waals surface area contributed by atoms with Gasteiger partial charge in [-0.05, 0) is 77.2 Å². The zero-order chi connectivity index (χ0) is 37.1. The van der Waals surface area contributed by atoms with E-state index in [0.29, 0.717) is 32.2 Å². The number of carbonyl (C=O) groups excluding carboxylic acids is 2. The van der Waals surface area contributed by atoms with Gasteiger partial charge >= 0.3 is 0 Å². The lowest BCUT2D eigenvalue weighted by Crippen LogP contribution is -2.52. The minimum absolute atomic E-state index is 0.0000416. The molecule has 9 heteroatoms. The van der Waals surface area contributed by atoms with Crippen LogP contribution in [0.3, 0.4) is 0 Å². The Balaban J connectivity index is 1.08. The van der Waals surface area contributed by atoms with Crippen LogP contribution in [0.2, 0.25) is 18.6 Å². The number of ether oxygens (including phenoxy) is 2. The normalized spacial score (nSPS) is 23.1. The van der Waals surface area contributed by atoms with Gasteiger partial charge < -0.3 is 19.5 Å². The quantitative estimate of drug-likeness (QED) is 0.170. The number of hydrogen-bond donors (Lipinski definition) is 1. The average molecular weight is 730 g/mol. The Morgan fingerprint density at radius 1 is 0.906 bits per heavy atom. The number of amides is 2. The summed E-state index contributed by atoms with van der Waals surface area (Å²) in [5, 5.41) is 17.9. The summed E-state index contributed by atoms with van der Waals surface area (Å²) < 4.78 is 12.4. The van der Waals surface area contributed by atoms with Crippen LogP contribution in [-0.4, -0.2) is 67.6 Å². The third kappa shape index (κ3) is 7.74. The SMILES string of the molecule is COc1ccc([Si](C)(C)[C@@H]2[C@@H](C)[C@@H](CCc3ccc(N4N=C(c5ccccc5)CCC4=O)cc3)O[C@H]2CC(=O)N2Cc3ccccc3C[C@H]2CO)cc1. The number of nitrogens with zero attached hydrogens (tertiary/aromatic N) is 3. The van der Waals surface area contributed by atoms with Crippen LogP contribution in [0.1, 0.15) is 54.9 Å². The Morgan fingerprint density at radius 2 is 1.60 bits per heavy atom. The zero-order valence-corrected chi connectivity index (χ0v) is 32.3. The van der Waals surface area contributed by atoms with E-state index in [1.165, 1.54) is 21.3 Å². The molecule has 0 unspecified atom stereocenters. The summed E-state index contributed by atoms with van der Waals surface area (Å²) in [5.74, 6) is 1.11. The lowest BCUT2D eigenvalue weighted by Gasteiger charge is -2.39. The van der Waals surface area contributed by atoms with Crippen molar-refractivity contribution < 1.29 is 24.2 Å². The first-order valence-corrected chi connectivity index (χ1v) is 22.1. The molecule has 7 rings (SSSR count). The van der Waals surface area contributed by atoms with E-state index in [2.05, 4.69) is 56.4 Å². The Hall–Kier alpha value is -4.57. The molecule has 0 bridgehead atoms. The number of fused-ring (bicyclic) bond motifs is 1. The number of methoxy groups -OCH3 is 1. The van der Waals surface area contributed by atoms with Crippen molar-refractivity contribution in [3.05, 3.63) is 125 Å². The summed E-state index contributed by atoms with van der Waals surface area (Å²) in [6.07, 6.45) is 3.41. The summed E-state index contributed by atoms with van der Waals surface area (Å²) in [5.41, 5.74) is 6.45. The van der Waals surface area contributed by atoms with E-state index in [4.69, 9.17) is 14.6 Å². The first kappa shape index (κ1) is 36.8. The number of hydrazone groups is 1. The van der Waals surface area contributed by atoms with Gasteiger partial charge in [-0.15, -0.1) is 0 Å². The third-order valence-corrected chi connectivity index (χ3v) is 16.3. The second kappa shape index (κ2) is 15.8. The second-order valence-corrected chi connectivity index (χ2v) is 20.1. The summed E-state index contributed by atoms with van der Waals surface area (Å²) in [6.45, 7) is 7.55. The molecular formula is C44H51N3O5Si. The predicted octanol–water partition coefficient (Wildman–Crippen LogP) is 6.88. The smallest absolute Gasteiger partial charge is 0.247 e. The molecule has 53 heavy (non-hydrogen) atoms. The van der Waals surface area contributed by atoms with Crippen LogP contribution in [0.4, 0.5) is 5.69 Å². The number of carbonyl (C=O) groups is 2. The van der Waals surface area contributed by atoms with Crippen LogP contribution in [0.15, 0.2) is 108 Å². The average Bonchev–Trinajstić information content (AvgIpc) is 3.51. The lowest BCUT2D eigenvalue weighted by atomic mass is 9.93. The number of hydrogen-bond acceptors (Lipinski definition) is 6. The first-order valence-electron chi connectivity index (χ1n) is 19.0. The minimum Gasteiger partial charge on any atom is -0.497 e. The van der Waals surface area contributed by atoms with E-state index in [1.54, 1.807) is 7.11 Å². The molecule has 4 aromatic carbocycles. The maximum atomic E-state index is 14.2. The number of benzene rings is 4. The van der Waals surface area contributed by atoms with E-state index in [0.717, 1.165) is 41.1 Å². The van der Waals surface area contributed by atoms with Crippen LogP contribution in [0.5, 0.6) is 5.75 Å². The molecule has 8 nitrogen and oxygen atoms in total. The van der Waals surface area contributed by atoms with Crippen LogP contribution in [0, 0.1) is 5.92 Å². The van der Waals surface area contributed by atoms with Gasteiger partial charge in [0.05, 0.1) is 57.9 Å². The fourth-order valence-electron chi connectivity index (χ4n) is 8.88. The maximum absolute atomic E-state index is 14.2. The number of aryl methyl sites for hydroxylation is 1. The first-order chi connectivity index (χ1) is 25.7. The molecule has 4 aromatic rings. The molecule has 1 N–H and O–H groups in total. The van der Waals surface area contributed by atoms with Crippen LogP contribution < -0.4 is 14.9 Å². The Morgan fingerprint density at radius 3 is 2.30 bits per heavy atom. The van der Waals surface area contributed by atoms with Gasteiger partial charge in [0.1, 0.15) is 5.75 Å². The fraction of sp³-hybridized carbons (Fsp3) is 0.386. The van der Waals surface area contributed by atoms with Gasteiger partial charge in [0.2, 0.25) is 11.8 Å². The Bertz CT molecular complexity index is 1930. The van der Waals surface area contributed by atoms with Crippen molar-refractivity contribution in [1.29, 1.82) is 0 Å². The van der Waals surface area contributed by atoms with Gasteiger partial charge in [-0.1, -0.05) is 104 Å². The van der Waals surface area contributed by atoms with Gasteiger partial charge in [0, 0.05) is 19.4 Å². The van der Waals surface area contributed by atoms with Crippen LogP contribution >= 0.6 is 0 Å². The molecule has 3 aliphatic rings. The molecule has 0 aromatic heterocycles. The molecule has 0 radical (unpaired) electrons. The highest BCUT2D eigenvalue weighted by Gasteiger charge is 2.51. The number of anilines is 1. The Labute approximate surface area is 314 Å². The number of rotatable bonds is 11.